The molecule has 0 bridgehead atoms. The predicted octanol–water partition coefficient (Wildman–Crippen LogP) is 5.49. The normalized spacial score (nSPS) is 17.1. The topological polar surface area (TPSA) is 60.3 Å². The molecule has 33 heavy (non-hydrogen) atoms. The van der Waals surface area contributed by atoms with E-state index < -0.39 is 11.9 Å². The van der Waals surface area contributed by atoms with E-state index in [9.17, 15) is 9.59 Å². The number of carbonyl (C=O) groups excluding carboxylic acids is 2. The number of dihydropyridines is 1. The minimum atomic E-state index is -0.548. The van der Waals surface area contributed by atoms with E-state index >= 15 is 0 Å². The molecule has 6 heteroatoms. The molecule has 166 valence electrons. The Morgan fingerprint density at radius 1 is 1.03 bits per heavy atom. The van der Waals surface area contributed by atoms with Crippen molar-refractivity contribution in [3.8, 4) is 5.69 Å². The van der Waals surface area contributed by atoms with E-state index in [2.05, 4.69) is 9.88 Å². The largest absolute Gasteiger partial charge is 0.466 e. The van der Waals surface area contributed by atoms with Gasteiger partial charge in [-0.1, -0.05) is 41.9 Å². The summed E-state index contributed by atoms with van der Waals surface area (Å²) in [6.45, 7) is 5.86. The van der Waals surface area contributed by atoms with Crippen LogP contribution in [0, 0.1) is 13.8 Å². The summed E-state index contributed by atoms with van der Waals surface area (Å²) < 4.78 is 7.25. The fraction of sp³-hybridized carbons (Fsp3) is 0.185. The highest BCUT2D eigenvalue weighted by molar-refractivity contribution is 6.30. The molecule has 1 aromatic heterocycles. The quantitative estimate of drug-likeness (QED) is 0.527. The molecule has 2 heterocycles. The van der Waals surface area contributed by atoms with Crippen LogP contribution in [-0.4, -0.2) is 23.4 Å². The number of nitrogens with zero attached hydrogens (tertiary/aromatic N) is 1. The molecule has 2 aliphatic rings. The second kappa shape index (κ2) is 7.78. The fourth-order valence-electron chi connectivity index (χ4n) is 5.11. The van der Waals surface area contributed by atoms with E-state index in [1.165, 1.54) is 7.11 Å². The number of aryl methyl sites for hydroxylation is 1. The van der Waals surface area contributed by atoms with Gasteiger partial charge >= 0.3 is 5.97 Å². The molecule has 5 rings (SSSR count). The summed E-state index contributed by atoms with van der Waals surface area (Å²) in [4.78, 5) is 26.6. The highest BCUT2D eigenvalue weighted by Gasteiger charge is 2.43. The van der Waals surface area contributed by atoms with Crippen LogP contribution >= 0.6 is 11.6 Å². The zero-order valence-corrected chi connectivity index (χ0v) is 19.6. The van der Waals surface area contributed by atoms with Gasteiger partial charge in [0.2, 0.25) is 0 Å². The van der Waals surface area contributed by atoms with E-state index in [0.717, 1.165) is 33.9 Å². The van der Waals surface area contributed by atoms with Crippen LogP contribution in [-0.2, 0) is 9.53 Å². The number of ether oxygens (including phenoxy) is 1. The maximum atomic E-state index is 13.6. The number of methoxy groups -OCH3 is 1. The molecule has 1 aliphatic heterocycles. The average Bonchev–Trinajstić information content (AvgIpc) is 3.25. The van der Waals surface area contributed by atoms with Gasteiger partial charge in [0.15, 0.2) is 5.78 Å². The molecule has 5 nitrogen and oxygen atoms in total. The summed E-state index contributed by atoms with van der Waals surface area (Å²) >= 11 is 6.26. The Bertz CT molecular complexity index is 1410. The highest BCUT2D eigenvalue weighted by atomic mass is 35.5. The van der Waals surface area contributed by atoms with E-state index in [1.807, 2.05) is 75.4 Å². The molecular formula is C27H23ClN2O3. The molecule has 3 aromatic rings. The number of hydrogen-bond acceptors (Lipinski definition) is 4. The lowest BCUT2D eigenvalue weighted by molar-refractivity contribution is -0.136. The standard InChI is InChI=1S/C27H23ClN2O3/c1-14-12-21(16(3)30(14)18-9-7-8-17(28)13-18)23-22(27(32)33-4)15(2)29-25-19-10-5-6-11-20(19)26(31)24(23)25/h5-13,23,29H,1-4H3/t23-/m0/s1. The van der Waals surface area contributed by atoms with Crippen molar-refractivity contribution in [1.29, 1.82) is 0 Å². The number of aromatic nitrogens is 1. The van der Waals surface area contributed by atoms with E-state index in [0.29, 0.717) is 27.4 Å². The summed E-state index contributed by atoms with van der Waals surface area (Å²) in [6, 6.07) is 17.2. The molecule has 0 radical (unpaired) electrons. The number of rotatable bonds is 3. The van der Waals surface area contributed by atoms with Crippen molar-refractivity contribution in [1.82, 2.24) is 9.88 Å². The number of fused-ring (bicyclic) bond motifs is 2. The highest BCUT2D eigenvalue weighted by Crippen LogP contribution is 2.48. The summed E-state index contributed by atoms with van der Waals surface area (Å²) in [7, 11) is 1.37. The van der Waals surface area contributed by atoms with Crippen LogP contribution < -0.4 is 5.32 Å². The molecule has 1 N–H and O–H groups in total. The molecule has 2 aromatic carbocycles. The van der Waals surface area contributed by atoms with E-state index in [-0.39, 0.29) is 5.78 Å². The number of esters is 1. The first-order valence-electron chi connectivity index (χ1n) is 10.7. The Labute approximate surface area is 197 Å². The zero-order valence-electron chi connectivity index (χ0n) is 18.8. The lowest BCUT2D eigenvalue weighted by atomic mass is 9.79. The summed E-state index contributed by atoms with van der Waals surface area (Å²) in [5, 5.41) is 3.96. The number of halogens is 1. The van der Waals surface area contributed by atoms with Crippen molar-refractivity contribution < 1.29 is 14.3 Å². The Morgan fingerprint density at radius 3 is 2.45 bits per heavy atom. The third kappa shape index (κ3) is 3.15. The van der Waals surface area contributed by atoms with Crippen LogP contribution in [0.5, 0.6) is 0 Å². The second-order valence-electron chi connectivity index (χ2n) is 8.39. The second-order valence-corrected chi connectivity index (χ2v) is 8.83. The smallest absolute Gasteiger partial charge is 0.336 e. The van der Waals surface area contributed by atoms with Gasteiger partial charge in [0.1, 0.15) is 0 Å². The maximum Gasteiger partial charge on any atom is 0.336 e. The fourth-order valence-corrected chi connectivity index (χ4v) is 5.30. The first-order chi connectivity index (χ1) is 15.8. The third-order valence-corrected chi connectivity index (χ3v) is 6.74. The van der Waals surface area contributed by atoms with Gasteiger partial charge in [-0.15, -0.1) is 0 Å². The summed E-state index contributed by atoms with van der Waals surface area (Å²) in [5.41, 5.74) is 7.70. The van der Waals surface area contributed by atoms with Gasteiger partial charge in [0, 0.05) is 44.5 Å². The van der Waals surface area contributed by atoms with Gasteiger partial charge in [-0.3, -0.25) is 4.79 Å². The minimum Gasteiger partial charge on any atom is -0.466 e. The van der Waals surface area contributed by atoms with E-state index in [1.54, 1.807) is 0 Å². The summed E-state index contributed by atoms with van der Waals surface area (Å²) in [5.74, 6) is -1.07. The monoisotopic (exact) mass is 458 g/mol. The van der Waals surface area contributed by atoms with Crippen molar-refractivity contribution in [3.05, 3.63) is 105 Å². The zero-order chi connectivity index (χ0) is 23.4. The molecule has 0 amide bonds. The van der Waals surface area contributed by atoms with Crippen LogP contribution in [0.4, 0.5) is 0 Å². The van der Waals surface area contributed by atoms with Crippen LogP contribution in [0.3, 0.4) is 0 Å². The molecule has 1 aliphatic carbocycles. The molecular weight excluding hydrogens is 436 g/mol. The van der Waals surface area contributed by atoms with Crippen LogP contribution in [0.15, 0.2) is 71.4 Å². The third-order valence-electron chi connectivity index (χ3n) is 6.50. The number of benzene rings is 2. The molecule has 0 saturated heterocycles. The van der Waals surface area contributed by atoms with Gasteiger partial charge in [0.25, 0.3) is 0 Å². The summed E-state index contributed by atoms with van der Waals surface area (Å²) in [6.07, 6.45) is 0. The maximum absolute atomic E-state index is 13.6. The van der Waals surface area contributed by atoms with Crippen molar-refractivity contribution in [3.63, 3.8) is 0 Å². The lowest BCUT2D eigenvalue weighted by Gasteiger charge is -2.29. The number of carbonyl (C=O) groups is 2. The number of allylic oxidation sites excluding steroid dienone is 2. The van der Waals surface area contributed by atoms with Gasteiger partial charge < -0.3 is 14.6 Å². The molecule has 0 saturated carbocycles. The Hall–Kier alpha value is -3.57. The van der Waals surface area contributed by atoms with Crippen molar-refractivity contribution in [2.24, 2.45) is 0 Å². The molecule has 1 atom stereocenters. The van der Waals surface area contributed by atoms with E-state index in [4.69, 9.17) is 16.3 Å². The SMILES string of the molecule is COC(=O)C1=C(C)NC2=C(C(=O)c3ccccc32)[C@H]1c1cc(C)n(-c2cccc(Cl)c2)c1C. The lowest BCUT2D eigenvalue weighted by Crippen LogP contribution is -2.29. The predicted molar refractivity (Wildman–Crippen MR) is 129 cm³/mol. The molecule has 0 unspecified atom stereocenters. The molecule has 0 fully saturated rings. The first-order valence-corrected chi connectivity index (χ1v) is 11.1. The average molecular weight is 459 g/mol. The van der Waals surface area contributed by atoms with Crippen molar-refractivity contribution in [2.75, 3.05) is 7.11 Å². The van der Waals surface area contributed by atoms with Gasteiger partial charge in [-0.25, -0.2) is 4.79 Å². The van der Waals surface area contributed by atoms with Gasteiger partial charge in [-0.05, 0) is 50.6 Å². The Balaban J connectivity index is 1.76. The van der Waals surface area contributed by atoms with Crippen molar-refractivity contribution in [2.45, 2.75) is 26.7 Å². The van der Waals surface area contributed by atoms with Crippen LogP contribution in [0.25, 0.3) is 11.4 Å². The first kappa shape index (κ1) is 21.3. The molecule has 0 spiro atoms. The Morgan fingerprint density at radius 2 is 1.76 bits per heavy atom. The number of Topliss-reactive ketones (excluding diaryl/α,β-unsaturated/α-hetero) is 1. The minimum absolute atomic E-state index is 0.0699. The van der Waals surface area contributed by atoms with Gasteiger partial charge in [-0.2, -0.15) is 0 Å². The number of hydrogen-bond donors (Lipinski definition) is 1. The van der Waals surface area contributed by atoms with Gasteiger partial charge in [0.05, 0.1) is 24.3 Å². The van der Waals surface area contributed by atoms with Crippen molar-refractivity contribution >= 4 is 29.1 Å². The number of ketones is 1. The number of nitrogens with one attached hydrogen (secondary N) is 1. The Kier molecular flexibility index (Phi) is 5.02. The van der Waals surface area contributed by atoms with Crippen LogP contribution in [0.1, 0.15) is 45.7 Å². The van der Waals surface area contributed by atoms with Crippen LogP contribution in [0.2, 0.25) is 5.02 Å².